The zero-order chi connectivity index (χ0) is 16.6. The third-order valence-corrected chi connectivity index (χ3v) is 8.60. The number of hydrogen-bond acceptors (Lipinski definition) is 3. The lowest BCUT2D eigenvalue weighted by molar-refractivity contribution is -0.204. The Hall–Kier alpha value is -0.670. The maximum Gasteiger partial charge on any atom is 0.141 e. The normalized spacial score (nSPS) is 55.5. The van der Waals surface area contributed by atoms with Gasteiger partial charge < -0.3 is 10.2 Å². The van der Waals surface area contributed by atoms with E-state index in [1.807, 2.05) is 6.92 Å². The molecule has 7 unspecified atom stereocenters. The fourth-order valence-electron chi connectivity index (χ4n) is 7.31. The van der Waals surface area contributed by atoms with Crippen LogP contribution in [0.1, 0.15) is 58.8 Å². The molecule has 0 radical (unpaired) electrons. The number of carbonyl (C=O) groups is 1. The smallest absolute Gasteiger partial charge is 0.141 e. The molecule has 4 rings (SSSR count). The second-order valence-electron chi connectivity index (χ2n) is 9.41. The van der Waals surface area contributed by atoms with Gasteiger partial charge in [-0.25, -0.2) is 0 Å². The number of allylic oxidation sites excluding steroid dienone is 1. The first-order valence-corrected chi connectivity index (χ1v) is 9.28. The van der Waals surface area contributed by atoms with E-state index in [0.29, 0.717) is 24.7 Å². The van der Waals surface area contributed by atoms with Crippen LogP contribution in [-0.2, 0) is 4.79 Å². The van der Waals surface area contributed by atoms with Gasteiger partial charge in [-0.15, -0.1) is 0 Å². The van der Waals surface area contributed by atoms with Crippen LogP contribution in [0.15, 0.2) is 12.2 Å². The number of ketones is 1. The number of hydrogen-bond donors (Lipinski definition) is 2. The van der Waals surface area contributed by atoms with Crippen molar-refractivity contribution in [2.24, 2.45) is 34.0 Å². The molecular formula is C20H30O3. The fraction of sp³-hybridized carbons (Fsp3) is 0.850. The van der Waals surface area contributed by atoms with Crippen LogP contribution >= 0.6 is 0 Å². The quantitative estimate of drug-likeness (QED) is 0.731. The van der Waals surface area contributed by atoms with E-state index in [0.717, 1.165) is 25.7 Å². The number of Topliss-reactive ketones (excluding diaryl/α,β-unsaturated/α-hetero) is 1. The Balaban J connectivity index is 1.80. The van der Waals surface area contributed by atoms with E-state index in [1.54, 1.807) is 0 Å². The van der Waals surface area contributed by atoms with E-state index in [4.69, 9.17) is 0 Å². The van der Waals surface area contributed by atoms with E-state index in [9.17, 15) is 15.0 Å². The zero-order valence-corrected chi connectivity index (χ0v) is 14.5. The number of carbonyl (C=O) groups excluding carboxylic acids is 1. The van der Waals surface area contributed by atoms with Crippen molar-refractivity contribution >= 4 is 5.78 Å². The SMILES string of the molecule is C=C1CC23CC1CCC2C1(C)CCC(=O)C(C)(CO)C1CC3O. The molecule has 3 nitrogen and oxygen atoms in total. The van der Waals surface area contributed by atoms with E-state index < -0.39 is 5.41 Å². The maximum atomic E-state index is 12.6. The molecule has 2 N–H and O–H groups in total. The van der Waals surface area contributed by atoms with Crippen LogP contribution in [0.4, 0.5) is 0 Å². The van der Waals surface area contributed by atoms with E-state index in [-0.39, 0.29) is 35.2 Å². The summed E-state index contributed by atoms with van der Waals surface area (Å²) in [4.78, 5) is 12.6. The molecule has 4 saturated carbocycles. The van der Waals surface area contributed by atoms with Gasteiger partial charge in [0.1, 0.15) is 5.78 Å². The molecular weight excluding hydrogens is 288 g/mol. The van der Waals surface area contributed by atoms with E-state index >= 15 is 0 Å². The van der Waals surface area contributed by atoms with Gasteiger partial charge in [-0.05, 0) is 61.7 Å². The summed E-state index contributed by atoms with van der Waals surface area (Å²) in [6.45, 7) is 8.48. The Bertz CT molecular complexity index is 569. The van der Waals surface area contributed by atoms with Crippen molar-refractivity contribution in [1.29, 1.82) is 0 Å². The molecule has 4 fully saturated rings. The Labute approximate surface area is 139 Å². The molecule has 0 saturated heterocycles. The van der Waals surface area contributed by atoms with Gasteiger partial charge in [0.15, 0.2) is 0 Å². The lowest BCUT2D eigenvalue weighted by atomic mass is 9.40. The van der Waals surface area contributed by atoms with Crippen molar-refractivity contribution in [2.45, 2.75) is 64.9 Å². The summed E-state index contributed by atoms with van der Waals surface area (Å²) in [6.07, 6.45) is 6.19. The van der Waals surface area contributed by atoms with Crippen LogP contribution in [0.2, 0.25) is 0 Å². The van der Waals surface area contributed by atoms with Crippen molar-refractivity contribution < 1.29 is 15.0 Å². The fourth-order valence-corrected chi connectivity index (χ4v) is 7.31. The molecule has 4 aliphatic carbocycles. The molecule has 23 heavy (non-hydrogen) atoms. The summed E-state index contributed by atoms with van der Waals surface area (Å²) in [7, 11) is 0. The highest BCUT2D eigenvalue weighted by molar-refractivity contribution is 5.86. The Morgan fingerprint density at radius 2 is 2.00 bits per heavy atom. The maximum absolute atomic E-state index is 12.6. The van der Waals surface area contributed by atoms with E-state index in [2.05, 4.69) is 13.5 Å². The molecule has 7 atom stereocenters. The van der Waals surface area contributed by atoms with Gasteiger partial charge >= 0.3 is 0 Å². The average Bonchev–Trinajstić information content (AvgIpc) is 2.78. The van der Waals surface area contributed by atoms with Gasteiger partial charge in [0.25, 0.3) is 0 Å². The van der Waals surface area contributed by atoms with E-state index in [1.165, 1.54) is 12.0 Å². The van der Waals surface area contributed by atoms with Crippen LogP contribution in [-0.4, -0.2) is 28.7 Å². The van der Waals surface area contributed by atoms with Gasteiger partial charge in [0.2, 0.25) is 0 Å². The summed E-state index contributed by atoms with van der Waals surface area (Å²) in [5.41, 5.74) is 0.704. The van der Waals surface area contributed by atoms with Crippen molar-refractivity contribution in [3.05, 3.63) is 12.2 Å². The molecule has 0 heterocycles. The number of fused-ring (bicyclic) bond motifs is 3. The third-order valence-electron chi connectivity index (χ3n) is 8.60. The molecule has 2 bridgehead atoms. The first-order chi connectivity index (χ1) is 10.8. The minimum Gasteiger partial charge on any atom is -0.395 e. The molecule has 0 amide bonds. The molecule has 3 heteroatoms. The summed E-state index contributed by atoms with van der Waals surface area (Å²) in [6, 6.07) is 0. The highest BCUT2D eigenvalue weighted by Crippen LogP contribution is 2.71. The van der Waals surface area contributed by atoms with Crippen LogP contribution in [0.3, 0.4) is 0 Å². The molecule has 128 valence electrons. The lowest BCUT2D eigenvalue weighted by Crippen LogP contribution is -2.64. The lowest BCUT2D eigenvalue weighted by Gasteiger charge is -2.64. The standard InChI is InChI=1S/C20H30O3/c1-12-9-20-10-13(12)4-5-14(20)18(2)7-6-16(22)19(3,11-21)15(18)8-17(20)23/h13-15,17,21,23H,1,4-11H2,2-3H3. The van der Waals surface area contributed by atoms with Gasteiger partial charge in [-0.1, -0.05) is 26.0 Å². The first kappa shape index (κ1) is 15.8. The highest BCUT2D eigenvalue weighted by atomic mass is 16.3. The van der Waals surface area contributed by atoms with Gasteiger partial charge in [0.05, 0.1) is 18.1 Å². The summed E-state index contributed by atoms with van der Waals surface area (Å²) in [5, 5.41) is 21.1. The second-order valence-corrected chi connectivity index (χ2v) is 9.41. The second kappa shape index (κ2) is 4.70. The molecule has 0 aromatic carbocycles. The molecule has 0 aliphatic heterocycles. The van der Waals surface area contributed by atoms with Crippen LogP contribution in [0.5, 0.6) is 0 Å². The average molecular weight is 318 g/mol. The number of aliphatic hydroxyl groups is 2. The number of rotatable bonds is 1. The minimum atomic E-state index is -0.679. The predicted molar refractivity (Wildman–Crippen MR) is 88.7 cm³/mol. The Kier molecular flexibility index (Phi) is 3.23. The summed E-state index contributed by atoms with van der Waals surface area (Å²) < 4.78 is 0. The molecule has 0 aromatic heterocycles. The minimum absolute atomic E-state index is 0.0119. The third kappa shape index (κ3) is 1.76. The Morgan fingerprint density at radius 1 is 1.26 bits per heavy atom. The van der Waals surface area contributed by atoms with Crippen LogP contribution < -0.4 is 0 Å². The zero-order valence-electron chi connectivity index (χ0n) is 14.5. The van der Waals surface area contributed by atoms with Crippen molar-refractivity contribution in [1.82, 2.24) is 0 Å². The van der Waals surface area contributed by atoms with Gasteiger partial charge in [-0.2, -0.15) is 0 Å². The monoisotopic (exact) mass is 318 g/mol. The molecule has 4 aliphatic rings. The summed E-state index contributed by atoms with van der Waals surface area (Å²) in [5.74, 6) is 1.33. The largest absolute Gasteiger partial charge is 0.395 e. The van der Waals surface area contributed by atoms with Crippen LogP contribution in [0, 0.1) is 34.0 Å². The Morgan fingerprint density at radius 3 is 2.70 bits per heavy atom. The van der Waals surface area contributed by atoms with Crippen molar-refractivity contribution in [2.75, 3.05) is 6.61 Å². The molecule has 0 aromatic rings. The van der Waals surface area contributed by atoms with Crippen molar-refractivity contribution in [3.63, 3.8) is 0 Å². The van der Waals surface area contributed by atoms with Crippen molar-refractivity contribution in [3.8, 4) is 0 Å². The highest BCUT2D eigenvalue weighted by Gasteiger charge is 2.68. The topological polar surface area (TPSA) is 57.5 Å². The summed E-state index contributed by atoms with van der Waals surface area (Å²) >= 11 is 0. The van der Waals surface area contributed by atoms with Gasteiger partial charge in [-0.3, -0.25) is 4.79 Å². The predicted octanol–water partition coefficient (Wildman–Crippen LogP) is 3.10. The first-order valence-electron chi connectivity index (χ1n) is 9.28. The van der Waals surface area contributed by atoms with Gasteiger partial charge in [0, 0.05) is 11.8 Å². The molecule has 1 spiro atoms. The van der Waals surface area contributed by atoms with Crippen LogP contribution in [0.25, 0.3) is 0 Å². The number of aliphatic hydroxyl groups excluding tert-OH is 2.